The van der Waals surface area contributed by atoms with Crippen LogP contribution in [-0.2, 0) is 11.0 Å². The van der Waals surface area contributed by atoms with Crippen LogP contribution in [0.3, 0.4) is 0 Å². The molecule has 1 fully saturated rings. The van der Waals surface area contributed by atoms with E-state index in [9.17, 15) is 18.0 Å². The van der Waals surface area contributed by atoms with Gasteiger partial charge in [-0.15, -0.1) is 0 Å². The fraction of sp³-hybridized carbons (Fsp3) is 0.200. The van der Waals surface area contributed by atoms with Crippen LogP contribution in [0.5, 0.6) is 0 Å². The summed E-state index contributed by atoms with van der Waals surface area (Å²) in [4.78, 5) is 16.6. The number of nitrogens with zero attached hydrogens (tertiary/aromatic N) is 1. The Morgan fingerprint density at radius 1 is 1.09 bits per heavy atom. The van der Waals surface area contributed by atoms with Gasteiger partial charge in [0.15, 0.2) is 5.58 Å². The number of alkyl halides is 3. The first-order valence-corrected chi connectivity index (χ1v) is 11.1. The molecule has 1 atom stereocenters. The van der Waals surface area contributed by atoms with E-state index in [1.165, 1.54) is 6.07 Å². The van der Waals surface area contributed by atoms with E-state index in [1.807, 2.05) is 6.07 Å². The molecule has 3 aromatic carbocycles. The van der Waals surface area contributed by atoms with E-state index < -0.39 is 11.7 Å². The summed E-state index contributed by atoms with van der Waals surface area (Å²) in [5, 5.41) is 6.48. The van der Waals surface area contributed by atoms with Gasteiger partial charge in [-0.1, -0.05) is 29.8 Å². The van der Waals surface area contributed by atoms with E-state index in [1.54, 1.807) is 36.4 Å². The van der Waals surface area contributed by atoms with Crippen LogP contribution in [0.25, 0.3) is 33.7 Å². The highest BCUT2D eigenvalue weighted by molar-refractivity contribution is 6.33. The Hall–Kier alpha value is -3.36. The SMILES string of the molecule is O=C(Nc1ccc(-c2cccc(-c3nc4cc(C(F)(F)F)ccc4o3)c2)c(Cl)c1)[C@@H]1CCCN1. The summed E-state index contributed by atoms with van der Waals surface area (Å²) in [5.41, 5.74) is 2.32. The maximum absolute atomic E-state index is 13.0. The van der Waals surface area contributed by atoms with E-state index in [2.05, 4.69) is 15.6 Å². The minimum Gasteiger partial charge on any atom is -0.436 e. The third-order valence-corrected chi connectivity index (χ3v) is 6.06. The molecule has 4 aromatic rings. The van der Waals surface area contributed by atoms with Crippen LogP contribution >= 0.6 is 11.6 Å². The van der Waals surface area contributed by atoms with Gasteiger partial charge < -0.3 is 15.1 Å². The first kappa shape index (κ1) is 22.4. The van der Waals surface area contributed by atoms with Crippen molar-refractivity contribution in [3.05, 3.63) is 71.2 Å². The molecule has 9 heteroatoms. The molecular weight excluding hydrogens is 467 g/mol. The van der Waals surface area contributed by atoms with Crippen molar-refractivity contribution in [1.29, 1.82) is 0 Å². The minimum absolute atomic E-state index is 0.0899. The van der Waals surface area contributed by atoms with Crippen molar-refractivity contribution in [3.8, 4) is 22.6 Å². The van der Waals surface area contributed by atoms with Crippen LogP contribution < -0.4 is 10.6 Å². The molecule has 1 aliphatic rings. The maximum atomic E-state index is 13.0. The number of aromatic nitrogens is 1. The summed E-state index contributed by atoms with van der Waals surface area (Å²) < 4.78 is 44.7. The second kappa shape index (κ2) is 8.77. The minimum atomic E-state index is -4.46. The van der Waals surface area contributed by atoms with Gasteiger partial charge in [0.05, 0.1) is 16.6 Å². The second-order valence-electron chi connectivity index (χ2n) is 8.11. The number of benzene rings is 3. The first-order chi connectivity index (χ1) is 16.3. The topological polar surface area (TPSA) is 67.2 Å². The van der Waals surface area contributed by atoms with Crippen molar-refractivity contribution in [3.63, 3.8) is 0 Å². The van der Waals surface area contributed by atoms with Crippen LogP contribution in [-0.4, -0.2) is 23.5 Å². The van der Waals surface area contributed by atoms with Crippen LogP contribution in [0.15, 0.2) is 65.1 Å². The zero-order chi connectivity index (χ0) is 23.9. The van der Waals surface area contributed by atoms with Crippen LogP contribution in [0.2, 0.25) is 5.02 Å². The second-order valence-corrected chi connectivity index (χ2v) is 8.52. The summed E-state index contributed by atoms with van der Waals surface area (Å²) in [5.74, 6) is 0.119. The molecule has 2 N–H and O–H groups in total. The monoisotopic (exact) mass is 485 g/mol. The number of nitrogens with one attached hydrogen (secondary N) is 2. The van der Waals surface area contributed by atoms with Gasteiger partial charge in [-0.2, -0.15) is 13.2 Å². The quantitative estimate of drug-likeness (QED) is 0.345. The van der Waals surface area contributed by atoms with Gasteiger partial charge in [-0.3, -0.25) is 4.79 Å². The fourth-order valence-electron chi connectivity index (χ4n) is 4.01. The zero-order valence-corrected chi connectivity index (χ0v) is 18.5. The van der Waals surface area contributed by atoms with Crippen molar-refractivity contribution in [1.82, 2.24) is 10.3 Å². The van der Waals surface area contributed by atoms with Crippen LogP contribution in [0, 0.1) is 0 Å². The van der Waals surface area contributed by atoms with Gasteiger partial charge in [0.2, 0.25) is 11.8 Å². The molecule has 1 aliphatic heterocycles. The lowest BCUT2D eigenvalue weighted by atomic mass is 10.0. The van der Waals surface area contributed by atoms with Gasteiger partial charge in [0, 0.05) is 16.8 Å². The van der Waals surface area contributed by atoms with Gasteiger partial charge in [0.1, 0.15) is 5.52 Å². The van der Waals surface area contributed by atoms with E-state index >= 15 is 0 Å². The molecule has 1 aromatic heterocycles. The molecule has 0 unspecified atom stereocenters. The predicted molar refractivity (Wildman–Crippen MR) is 125 cm³/mol. The molecule has 5 rings (SSSR count). The molecular formula is C25H19ClF3N3O2. The molecule has 2 heterocycles. The van der Waals surface area contributed by atoms with Crippen molar-refractivity contribution < 1.29 is 22.4 Å². The number of hydrogen-bond donors (Lipinski definition) is 2. The predicted octanol–water partition coefficient (Wildman–Crippen LogP) is 6.52. The first-order valence-electron chi connectivity index (χ1n) is 10.7. The third-order valence-electron chi connectivity index (χ3n) is 5.75. The lowest BCUT2D eigenvalue weighted by Gasteiger charge is -2.13. The maximum Gasteiger partial charge on any atom is 0.416 e. The highest BCUT2D eigenvalue weighted by Gasteiger charge is 2.31. The average Bonchev–Trinajstić information content (AvgIpc) is 3.48. The zero-order valence-electron chi connectivity index (χ0n) is 17.7. The normalized spacial score (nSPS) is 16.2. The molecule has 174 valence electrons. The fourth-order valence-corrected chi connectivity index (χ4v) is 4.30. The summed E-state index contributed by atoms with van der Waals surface area (Å²) in [7, 11) is 0. The van der Waals surface area contributed by atoms with Gasteiger partial charge >= 0.3 is 6.18 Å². The Morgan fingerprint density at radius 3 is 2.65 bits per heavy atom. The molecule has 0 radical (unpaired) electrons. The molecule has 0 bridgehead atoms. The molecule has 0 saturated carbocycles. The molecule has 0 spiro atoms. The Labute approximate surface area is 197 Å². The number of amides is 1. The van der Waals surface area contributed by atoms with Gasteiger partial charge in [-0.25, -0.2) is 4.98 Å². The molecule has 1 saturated heterocycles. The number of carbonyl (C=O) groups is 1. The van der Waals surface area contributed by atoms with E-state index in [0.717, 1.165) is 42.6 Å². The van der Waals surface area contributed by atoms with E-state index in [4.69, 9.17) is 16.0 Å². The highest BCUT2D eigenvalue weighted by Crippen LogP contribution is 2.35. The number of fused-ring (bicyclic) bond motifs is 1. The number of halogens is 4. The standard InChI is InChI=1S/C25H19ClF3N3O2/c26-19-13-17(31-23(33)20-5-2-10-30-20)7-8-18(19)14-3-1-4-15(11-14)24-32-21-12-16(25(27,28)29)6-9-22(21)34-24/h1,3-4,6-9,11-13,20,30H,2,5,10H2,(H,31,33)/t20-/m0/s1. The summed E-state index contributed by atoms with van der Waals surface area (Å²) in [6.45, 7) is 0.831. The molecule has 0 aliphatic carbocycles. The van der Waals surface area contributed by atoms with Crippen molar-refractivity contribution in [2.45, 2.75) is 25.1 Å². The third kappa shape index (κ3) is 4.51. The summed E-state index contributed by atoms with van der Waals surface area (Å²) in [6, 6.07) is 15.5. The van der Waals surface area contributed by atoms with Crippen LogP contribution in [0.1, 0.15) is 18.4 Å². The summed E-state index contributed by atoms with van der Waals surface area (Å²) >= 11 is 6.52. The Balaban J connectivity index is 1.41. The van der Waals surface area contributed by atoms with Crippen molar-refractivity contribution in [2.75, 3.05) is 11.9 Å². The van der Waals surface area contributed by atoms with Gasteiger partial charge in [0.25, 0.3) is 0 Å². The largest absolute Gasteiger partial charge is 0.436 e. The van der Waals surface area contributed by atoms with E-state index in [0.29, 0.717) is 16.3 Å². The van der Waals surface area contributed by atoms with Crippen molar-refractivity contribution >= 4 is 34.3 Å². The Bertz CT molecular complexity index is 1380. The smallest absolute Gasteiger partial charge is 0.416 e. The number of oxazole rings is 1. The lowest BCUT2D eigenvalue weighted by molar-refractivity contribution is -0.137. The van der Waals surface area contributed by atoms with E-state index in [-0.39, 0.29) is 28.9 Å². The van der Waals surface area contributed by atoms with Crippen LogP contribution in [0.4, 0.5) is 18.9 Å². The van der Waals surface area contributed by atoms with Crippen molar-refractivity contribution in [2.24, 2.45) is 0 Å². The summed E-state index contributed by atoms with van der Waals surface area (Å²) in [6.07, 6.45) is -2.68. The lowest BCUT2D eigenvalue weighted by Crippen LogP contribution is -2.35. The Kier molecular flexibility index (Phi) is 5.79. The Morgan fingerprint density at radius 2 is 1.91 bits per heavy atom. The number of anilines is 1. The molecule has 5 nitrogen and oxygen atoms in total. The molecule has 1 amide bonds. The average molecular weight is 486 g/mol. The number of carbonyl (C=O) groups excluding carboxylic acids is 1. The number of rotatable bonds is 4. The molecule has 34 heavy (non-hydrogen) atoms. The van der Waals surface area contributed by atoms with Gasteiger partial charge in [-0.05, 0) is 67.4 Å². The number of hydrogen-bond acceptors (Lipinski definition) is 4. The highest BCUT2D eigenvalue weighted by atomic mass is 35.5.